The van der Waals surface area contributed by atoms with Gasteiger partial charge in [0.15, 0.2) is 0 Å². The lowest BCUT2D eigenvalue weighted by molar-refractivity contribution is -0.122. The summed E-state index contributed by atoms with van der Waals surface area (Å²) >= 11 is 0. The number of nitrogens with two attached hydrogens (primary N) is 1. The fourth-order valence-corrected chi connectivity index (χ4v) is 2.56. The fraction of sp³-hybridized carbons (Fsp3) is 0.923. The topological polar surface area (TPSA) is 55.1 Å². The first kappa shape index (κ1) is 13.5. The van der Waals surface area contributed by atoms with Crippen LogP contribution in [0, 0.1) is 11.8 Å². The predicted octanol–water partition coefficient (Wildman–Crippen LogP) is 2.06. The Kier molecular flexibility index (Phi) is 5.81. The molecule has 0 bridgehead atoms. The van der Waals surface area contributed by atoms with Crippen LogP contribution >= 0.6 is 0 Å². The molecule has 3 atom stereocenters. The van der Waals surface area contributed by atoms with Crippen molar-refractivity contribution >= 4 is 5.91 Å². The quantitative estimate of drug-likeness (QED) is 0.754. The van der Waals surface area contributed by atoms with E-state index < -0.39 is 0 Å². The van der Waals surface area contributed by atoms with Crippen LogP contribution in [0.1, 0.15) is 52.4 Å². The van der Waals surface area contributed by atoms with Gasteiger partial charge in [0.05, 0.1) is 6.04 Å². The Hall–Kier alpha value is -0.570. The summed E-state index contributed by atoms with van der Waals surface area (Å²) in [5, 5.41) is 2.99. The molecule has 1 aliphatic carbocycles. The van der Waals surface area contributed by atoms with Crippen LogP contribution in [0.3, 0.4) is 0 Å². The molecule has 0 saturated heterocycles. The van der Waals surface area contributed by atoms with Crippen LogP contribution in [-0.4, -0.2) is 18.5 Å². The van der Waals surface area contributed by atoms with E-state index in [4.69, 9.17) is 5.73 Å². The van der Waals surface area contributed by atoms with Gasteiger partial charge in [0.2, 0.25) is 5.91 Å². The smallest absolute Gasteiger partial charge is 0.236 e. The van der Waals surface area contributed by atoms with Crippen LogP contribution in [0.15, 0.2) is 0 Å². The number of rotatable bonds is 5. The van der Waals surface area contributed by atoms with Crippen molar-refractivity contribution < 1.29 is 4.79 Å². The maximum absolute atomic E-state index is 11.6. The van der Waals surface area contributed by atoms with Gasteiger partial charge < -0.3 is 11.1 Å². The Bertz CT molecular complexity index is 218. The van der Waals surface area contributed by atoms with Crippen LogP contribution in [0.25, 0.3) is 0 Å². The third-order valence-electron chi connectivity index (χ3n) is 3.55. The number of hydrogen-bond donors (Lipinski definition) is 2. The maximum Gasteiger partial charge on any atom is 0.236 e. The van der Waals surface area contributed by atoms with Crippen LogP contribution < -0.4 is 11.1 Å². The number of hydrogen-bond acceptors (Lipinski definition) is 2. The summed E-state index contributed by atoms with van der Waals surface area (Å²) in [5.74, 6) is 1.52. The van der Waals surface area contributed by atoms with Crippen LogP contribution in [0.2, 0.25) is 0 Å². The molecule has 1 aliphatic rings. The third kappa shape index (κ3) is 4.52. The van der Waals surface area contributed by atoms with Crippen LogP contribution in [0.5, 0.6) is 0 Å². The zero-order valence-electron chi connectivity index (χ0n) is 10.7. The van der Waals surface area contributed by atoms with Crippen molar-refractivity contribution in [2.24, 2.45) is 17.6 Å². The predicted molar refractivity (Wildman–Crippen MR) is 67.0 cm³/mol. The average Bonchev–Trinajstić information content (AvgIpc) is 2.26. The Morgan fingerprint density at radius 3 is 2.88 bits per heavy atom. The highest BCUT2D eigenvalue weighted by Crippen LogP contribution is 2.27. The summed E-state index contributed by atoms with van der Waals surface area (Å²) in [7, 11) is 0. The Balaban J connectivity index is 2.20. The molecule has 0 aliphatic heterocycles. The van der Waals surface area contributed by atoms with Gasteiger partial charge in [0.25, 0.3) is 0 Å². The van der Waals surface area contributed by atoms with Gasteiger partial charge in [-0.1, -0.05) is 33.1 Å². The second kappa shape index (κ2) is 6.89. The molecule has 3 nitrogen and oxygen atoms in total. The zero-order valence-corrected chi connectivity index (χ0v) is 10.7. The summed E-state index contributed by atoms with van der Waals surface area (Å²) in [6.07, 6.45) is 6.92. The number of carbonyl (C=O) groups excluding carboxylic acids is 1. The van der Waals surface area contributed by atoms with E-state index in [0.717, 1.165) is 25.3 Å². The van der Waals surface area contributed by atoms with Gasteiger partial charge in [-0.25, -0.2) is 0 Å². The second-order valence-electron chi connectivity index (χ2n) is 5.28. The molecule has 0 heterocycles. The highest BCUT2D eigenvalue weighted by atomic mass is 16.2. The van der Waals surface area contributed by atoms with Crippen molar-refractivity contribution in [3.63, 3.8) is 0 Å². The van der Waals surface area contributed by atoms with Crippen LogP contribution in [-0.2, 0) is 4.79 Å². The average molecular weight is 226 g/mol. The summed E-state index contributed by atoms with van der Waals surface area (Å²) in [5.41, 5.74) is 5.76. The number of amides is 1. The summed E-state index contributed by atoms with van der Waals surface area (Å²) in [4.78, 5) is 11.6. The van der Waals surface area contributed by atoms with Crippen molar-refractivity contribution in [1.29, 1.82) is 0 Å². The normalized spacial score (nSPS) is 27.4. The molecule has 2 unspecified atom stereocenters. The molecule has 0 aromatic heterocycles. The molecular weight excluding hydrogens is 200 g/mol. The van der Waals surface area contributed by atoms with Gasteiger partial charge >= 0.3 is 0 Å². The van der Waals surface area contributed by atoms with Gasteiger partial charge in [-0.2, -0.15) is 0 Å². The molecule has 0 aromatic rings. The molecule has 3 heteroatoms. The first-order valence-electron chi connectivity index (χ1n) is 6.66. The van der Waals surface area contributed by atoms with E-state index in [1.807, 2.05) is 0 Å². The van der Waals surface area contributed by atoms with Gasteiger partial charge in [0, 0.05) is 6.54 Å². The van der Waals surface area contributed by atoms with Crippen molar-refractivity contribution in [3.8, 4) is 0 Å². The first-order chi connectivity index (χ1) is 7.63. The minimum absolute atomic E-state index is 0.0278. The highest BCUT2D eigenvalue weighted by Gasteiger charge is 2.20. The minimum atomic E-state index is -0.314. The lowest BCUT2D eigenvalue weighted by Crippen LogP contribution is -2.42. The third-order valence-corrected chi connectivity index (χ3v) is 3.55. The van der Waals surface area contributed by atoms with Crippen LogP contribution in [0.4, 0.5) is 0 Å². The highest BCUT2D eigenvalue weighted by molar-refractivity contribution is 5.81. The molecule has 94 valence electrons. The summed E-state index contributed by atoms with van der Waals surface area (Å²) in [6, 6.07) is -0.314. The van der Waals surface area contributed by atoms with E-state index >= 15 is 0 Å². The molecule has 0 aromatic carbocycles. The molecule has 1 saturated carbocycles. The largest absolute Gasteiger partial charge is 0.354 e. The molecule has 3 N–H and O–H groups in total. The monoisotopic (exact) mass is 226 g/mol. The van der Waals surface area contributed by atoms with Gasteiger partial charge in [0.1, 0.15) is 0 Å². The minimum Gasteiger partial charge on any atom is -0.354 e. The first-order valence-corrected chi connectivity index (χ1v) is 6.66. The van der Waals surface area contributed by atoms with Crippen molar-refractivity contribution in [2.45, 2.75) is 58.4 Å². The fourth-order valence-electron chi connectivity index (χ4n) is 2.56. The lowest BCUT2D eigenvalue weighted by Gasteiger charge is -2.27. The van der Waals surface area contributed by atoms with Gasteiger partial charge in [-0.3, -0.25) is 4.79 Å². The SMILES string of the molecule is CCC[C@H](N)C(=O)NCC1CCCC(C)C1. The molecule has 0 spiro atoms. The van der Waals surface area contributed by atoms with Gasteiger partial charge in [-0.05, 0) is 31.1 Å². The molecule has 1 amide bonds. The zero-order chi connectivity index (χ0) is 12.0. The standard InChI is InChI=1S/C13H26N2O/c1-3-5-12(14)13(16)15-9-11-7-4-6-10(2)8-11/h10-12H,3-9,14H2,1-2H3,(H,15,16)/t10?,11?,12-/m0/s1. The lowest BCUT2D eigenvalue weighted by atomic mass is 9.82. The van der Waals surface area contributed by atoms with E-state index in [9.17, 15) is 4.79 Å². The summed E-state index contributed by atoms with van der Waals surface area (Å²) in [6.45, 7) is 5.17. The van der Waals surface area contributed by atoms with E-state index in [0.29, 0.717) is 5.92 Å². The molecule has 16 heavy (non-hydrogen) atoms. The number of nitrogens with one attached hydrogen (secondary N) is 1. The molecular formula is C13H26N2O. The second-order valence-corrected chi connectivity index (χ2v) is 5.28. The van der Waals surface area contributed by atoms with Crippen molar-refractivity contribution in [2.75, 3.05) is 6.54 Å². The molecule has 1 fully saturated rings. The van der Waals surface area contributed by atoms with E-state index in [-0.39, 0.29) is 11.9 Å². The van der Waals surface area contributed by atoms with Crippen molar-refractivity contribution in [1.82, 2.24) is 5.32 Å². The summed E-state index contributed by atoms with van der Waals surface area (Å²) < 4.78 is 0. The molecule has 1 rings (SSSR count). The number of carbonyl (C=O) groups is 1. The van der Waals surface area contributed by atoms with Gasteiger partial charge in [-0.15, -0.1) is 0 Å². The Labute approximate surface area is 99.2 Å². The molecule has 0 radical (unpaired) electrons. The van der Waals surface area contributed by atoms with E-state index in [2.05, 4.69) is 19.2 Å². The van der Waals surface area contributed by atoms with Crippen molar-refractivity contribution in [3.05, 3.63) is 0 Å². The van der Waals surface area contributed by atoms with E-state index in [1.165, 1.54) is 25.7 Å². The maximum atomic E-state index is 11.6. The Morgan fingerprint density at radius 1 is 1.50 bits per heavy atom. The Morgan fingerprint density at radius 2 is 2.25 bits per heavy atom. The van der Waals surface area contributed by atoms with E-state index in [1.54, 1.807) is 0 Å².